The second-order valence-corrected chi connectivity index (χ2v) is 5.16. The zero-order valence-electron chi connectivity index (χ0n) is 11.9. The van der Waals surface area contributed by atoms with Gasteiger partial charge in [0, 0.05) is 39.3 Å². The van der Waals surface area contributed by atoms with Gasteiger partial charge >= 0.3 is 0 Å². The van der Waals surface area contributed by atoms with Crippen molar-refractivity contribution < 1.29 is 14.6 Å². The molecule has 0 bridgehead atoms. The molecule has 5 heteroatoms. The molecule has 0 radical (unpaired) electrons. The highest BCUT2D eigenvalue weighted by molar-refractivity contribution is 5.03. The molecule has 104 valence electrons. The maximum atomic E-state index is 10.3. The largest absolute Gasteiger partial charge is 0.390 e. The Hall–Kier alpha value is -0.910. The van der Waals surface area contributed by atoms with Gasteiger partial charge in [0.25, 0.3) is 0 Å². The molecule has 0 aromatic carbocycles. The van der Waals surface area contributed by atoms with E-state index in [9.17, 15) is 5.11 Å². The summed E-state index contributed by atoms with van der Waals surface area (Å²) in [6.07, 6.45) is 2.43. The van der Waals surface area contributed by atoms with E-state index in [0.717, 1.165) is 5.69 Å². The average molecular weight is 256 g/mol. The van der Waals surface area contributed by atoms with Crippen molar-refractivity contribution in [1.29, 1.82) is 0 Å². The molecule has 0 saturated heterocycles. The summed E-state index contributed by atoms with van der Waals surface area (Å²) in [6, 6.07) is 2.26. The van der Waals surface area contributed by atoms with Crippen LogP contribution < -0.4 is 0 Å². The molecule has 1 heterocycles. The summed E-state index contributed by atoms with van der Waals surface area (Å²) in [5, 5.41) is 14.8. The summed E-state index contributed by atoms with van der Waals surface area (Å²) in [5.74, 6) is 0. The normalized spacial score (nSPS) is 15.3. The molecule has 1 unspecified atom stereocenters. The smallest absolute Gasteiger partial charge is 0.159 e. The molecule has 1 aromatic rings. The van der Waals surface area contributed by atoms with E-state index in [4.69, 9.17) is 9.47 Å². The summed E-state index contributed by atoms with van der Waals surface area (Å²) in [4.78, 5) is 0. The van der Waals surface area contributed by atoms with E-state index >= 15 is 0 Å². The Labute approximate surface area is 109 Å². The number of ether oxygens (including phenoxy) is 2. The fraction of sp³-hybridized carbons (Fsp3) is 0.769. The van der Waals surface area contributed by atoms with Gasteiger partial charge in [0.1, 0.15) is 0 Å². The van der Waals surface area contributed by atoms with Crippen molar-refractivity contribution in [2.24, 2.45) is 0 Å². The molecule has 0 spiro atoms. The first kappa shape index (κ1) is 15.1. The van der Waals surface area contributed by atoms with Crippen molar-refractivity contribution in [3.05, 3.63) is 18.0 Å². The maximum absolute atomic E-state index is 10.3. The van der Waals surface area contributed by atoms with Crippen molar-refractivity contribution in [2.45, 2.75) is 51.5 Å². The molecule has 1 N–H and O–H groups in total. The minimum atomic E-state index is -0.896. The molecular weight excluding hydrogens is 232 g/mol. The number of aliphatic hydroxyl groups is 1. The lowest BCUT2D eigenvalue weighted by Gasteiger charge is -2.26. The molecule has 0 fully saturated rings. The van der Waals surface area contributed by atoms with Crippen LogP contribution in [0.2, 0.25) is 0 Å². The van der Waals surface area contributed by atoms with Crippen LogP contribution in [-0.4, -0.2) is 41.0 Å². The second kappa shape index (κ2) is 6.31. The molecule has 0 aliphatic heterocycles. The molecule has 0 saturated carbocycles. The lowest BCUT2D eigenvalue weighted by molar-refractivity contribution is -0.140. The minimum Gasteiger partial charge on any atom is -0.390 e. The van der Waals surface area contributed by atoms with E-state index in [1.165, 1.54) is 0 Å². The first-order valence-electron chi connectivity index (χ1n) is 6.20. The number of aromatic nitrogens is 2. The van der Waals surface area contributed by atoms with E-state index in [2.05, 4.69) is 18.9 Å². The van der Waals surface area contributed by atoms with Crippen LogP contribution in [0.3, 0.4) is 0 Å². The molecule has 18 heavy (non-hydrogen) atoms. The van der Waals surface area contributed by atoms with Gasteiger partial charge in [-0.2, -0.15) is 5.10 Å². The van der Waals surface area contributed by atoms with Gasteiger partial charge in [0.2, 0.25) is 0 Å². The van der Waals surface area contributed by atoms with E-state index in [1.54, 1.807) is 21.1 Å². The summed E-state index contributed by atoms with van der Waals surface area (Å²) >= 11 is 0. The molecule has 0 aliphatic carbocycles. The van der Waals surface area contributed by atoms with Crippen LogP contribution in [0.1, 0.15) is 38.9 Å². The van der Waals surface area contributed by atoms with Gasteiger partial charge in [0.05, 0.1) is 11.3 Å². The van der Waals surface area contributed by atoms with Gasteiger partial charge in [-0.05, 0) is 26.8 Å². The highest BCUT2D eigenvalue weighted by atomic mass is 16.7. The predicted molar refractivity (Wildman–Crippen MR) is 69.4 cm³/mol. The predicted octanol–water partition coefficient (Wildman–Crippen LogP) is 1.77. The van der Waals surface area contributed by atoms with Crippen LogP contribution in [-0.2, 0) is 15.9 Å². The summed E-state index contributed by atoms with van der Waals surface area (Å²) in [7, 11) is 3.13. The maximum Gasteiger partial charge on any atom is 0.159 e. The Balaban J connectivity index is 2.63. The number of hydrogen-bond acceptors (Lipinski definition) is 4. The van der Waals surface area contributed by atoms with Gasteiger partial charge in [-0.3, -0.25) is 4.68 Å². The molecule has 1 atom stereocenters. The Morgan fingerprint density at radius 3 is 2.44 bits per heavy atom. The topological polar surface area (TPSA) is 56.5 Å². The Morgan fingerprint density at radius 1 is 1.39 bits per heavy atom. The molecule has 0 aliphatic rings. The lowest BCUT2D eigenvalue weighted by Crippen LogP contribution is -2.34. The SMILES string of the molecule is COC(CC(C)(O)Cc1ccn(C(C)C)n1)OC. The lowest BCUT2D eigenvalue weighted by atomic mass is 9.96. The van der Waals surface area contributed by atoms with E-state index in [1.807, 2.05) is 16.9 Å². The third kappa shape index (κ3) is 4.40. The third-order valence-electron chi connectivity index (χ3n) is 2.89. The fourth-order valence-corrected chi connectivity index (χ4v) is 1.84. The first-order valence-corrected chi connectivity index (χ1v) is 6.20. The molecular formula is C13H24N2O3. The monoisotopic (exact) mass is 256 g/mol. The van der Waals surface area contributed by atoms with Crippen LogP contribution in [0.5, 0.6) is 0 Å². The van der Waals surface area contributed by atoms with Crippen LogP contribution >= 0.6 is 0 Å². The molecule has 1 aromatic heterocycles. The quantitative estimate of drug-likeness (QED) is 0.755. The number of methoxy groups -OCH3 is 2. The number of rotatable bonds is 7. The molecule has 5 nitrogen and oxygen atoms in total. The van der Waals surface area contributed by atoms with E-state index in [0.29, 0.717) is 18.9 Å². The van der Waals surface area contributed by atoms with Crippen LogP contribution in [0.15, 0.2) is 12.3 Å². The zero-order valence-corrected chi connectivity index (χ0v) is 11.9. The first-order chi connectivity index (χ1) is 8.38. The van der Waals surface area contributed by atoms with Crippen molar-refractivity contribution in [2.75, 3.05) is 14.2 Å². The van der Waals surface area contributed by atoms with E-state index in [-0.39, 0.29) is 0 Å². The van der Waals surface area contributed by atoms with Crippen LogP contribution in [0.4, 0.5) is 0 Å². The van der Waals surface area contributed by atoms with Crippen LogP contribution in [0, 0.1) is 0 Å². The van der Waals surface area contributed by atoms with Crippen molar-refractivity contribution >= 4 is 0 Å². The molecule has 1 rings (SSSR count). The van der Waals surface area contributed by atoms with Crippen molar-refractivity contribution in [3.63, 3.8) is 0 Å². The third-order valence-corrected chi connectivity index (χ3v) is 2.89. The van der Waals surface area contributed by atoms with E-state index < -0.39 is 11.9 Å². The summed E-state index contributed by atoms with van der Waals surface area (Å²) < 4.78 is 12.1. The van der Waals surface area contributed by atoms with Crippen molar-refractivity contribution in [3.8, 4) is 0 Å². The highest BCUT2D eigenvalue weighted by Gasteiger charge is 2.27. The van der Waals surface area contributed by atoms with Crippen molar-refractivity contribution in [1.82, 2.24) is 9.78 Å². The second-order valence-electron chi connectivity index (χ2n) is 5.16. The number of hydrogen-bond donors (Lipinski definition) is 1. The summed E-state index contributed by atoms with van der Waals surface area (Å²) in [6.45, 7) is 5.91. The summed E-state index contributed by atoms with van der Waals surface area (Å²) in [5.41, 5.74) is -0.0213. The highest BCUT2D eigenvalue weighted by Crippen LogP contribution is 2.20. The van der Waals surface area contributed by atoms with Gasteiger partial charge in [-0.25, -0.2) is 0 Å². The standard InChI is InChI=1S/C13H24N2O3/c1-10(2)15-7-6-11(14-15)8-13(3,16)9-12(17-4)18-5/h6-7,10,12,16H,8-9H2,1-5H3. The van der Waals surface area contributed by atoms with Gasteiger partial charge in [0.15, 0.2) is 6.29 Å². The molecule has 0 amide bonds. The average Bonchev–Trinajstić information content (AvgIpc) is 2.73. The van der Waals surface area contributed by atoms with Crippen LogP contribution in [0.25, 0.3) is 0 Å². The van der Waals surface area contributed by atoms with Gasteiger partial charge in [-0.1, -0.05) is 0 Å². The Kier molecular flexibility index (Phi) is 5.31. The van der Waals surface area contributed by atoms with Gasteiger partial charge in [-0.15, -0.1) is 0 Å². The fourth-order valence-electron chi connectivity index (χ4n) is 1.84. The zero-order chi connectivity index (χ0) is 13.8. The number of nitrogens with zero attached hydrogens (tertiary/aromatic N) is 2. The van der Waals surface area contributed by atoms with Gasteiger partial charge < -0.3 is 14.6 Å². The Morgan fingerprint density at radius 2 is 2.00 bits per heavy atom. The minimum absolute atomic E-state index is 0.328. The Bertz CT molecular complexity index is 357.